The van der Waals surface area contributed by atoms with Crippen molar-refractivity contribution in [3.8, 4) is 11.4 Å². The van der Waals surface area contributed by atoms with Crippen molar-refractivity contribution in [2.75, 3.05) is 20.3 Å². The van der Waals surface area contributed by atoms with E-state index < -0.39 is 24.3 Å². The molecule has 2 aromatic carbocycles. The average Bonchev–Trinajstić information content (AvgIpc) is 3.76. The number of fused-ring (bicyclic) bond motifs is 2. The summed E-state index contributed by atoms with van der Waals surface area (Å²) < 4.78 is 34.0. The molecule has 3 unspecified atom stereocenters. The number of benzene rings is 2. The summed E-state index contributed by atoms with van der Waals surface area (Å²) in [6, 6.07) is 9.78. The largest absolute Gasteiger partial charge is 0.495 e. The van der Waals surface area contributed by atoms with Crippen molar-refractivity contribution in [3.05, 3.63) is 100 Å². The number of oxime groups is 1. The molecule has 12 heteroatoms. The first kappa shape index (κ1) is 27.5. The molecule has 0 spiro atoms. The fraction of sp³-hybridized carbons (Fsp3) is 0.323. The maximum atomic E-state index is 14.0. The van der Waals surface area contributed by atoms with Crippen molar-refractivity contribution in [1.29, 1.82) is 0 Å². The van der Waals surface area contributed by atoms with E-state index in [0.717, 1.165) is 47.7 Å². The molecule has 0 amide bonds. The monoisotopic (exact) mass is 605 g/mol. The number of oxazole rings is 1. The summed E-state index contributed by atoms with van der Waals surface area (Å²) in [6.45, 7) is 1.75. The van der Waals surface area contributed by atoms with Crippen LogP contribution in [0.5, 0.6) is 5.75 Å². The van der Waals surface area contributed by atoms with E-state index in [1.807, 2.05) is 46.9 Å². The predicted octanol–water partition coefficient (Wildman–Crippen LogP) is 5.32. The molecule has 1 saturated heterocycles. The lowest BCUT2D eigenvalue weighted by Crippen LogP contribution is -2.56. The molecule has 222 valence electrons. The molecule has 7 rings (SSSR count). The Balaban J connectivity index is 1.31. The van der Waals surface area contributed by atoms with Gasteiger partial charge in [-0.15, -0.1) is 0 Å². The molecule has 1 fully saturated rings. The zero-order valence-electron chi connectivity index (χ0n) is 23.5. The molecule has 10 nitrogen and oxygen atoms in total. The Morgan fingerprint density at radius 2 is 2.12 bits per heavy atom. The minimum Gasteiger partial charge on any atom is -0.495 e. The van der Waals surface area contributed by atoms with Crippen LogP contribution in [-0.4, -0.2) is 56.7 Å². The standard InChI is InChI=1S/C31H29ClFN5O5/c1-18-13-37(16-34-18)24-9-6-19(10-26(24)40-2)11-27-30-36-43-31(15-39,22-8-7-20(33)12-23(22)32)38(30)14-28(42-27)21-4-3-5-25-29(21)35-17-41-25/h6-13,16-17,21,28,39H,3-5,14-15H2,1-2H3/b27-11-. The number of morpholine rings is 1. The van der Waals surface area contributed by atoms with Crippen molar-refractivity contribution in [2.24, 2.45) is 5.16 Å². The molecular formula is C31H29ClFN5O5. The number of aliphatic hydroxyl groups excluding tert-OH is 1. The normalized spacial score (nSPS) is 23.8. The minimum absolute atomic E-state index is 0.0745. The molecule has 3 atom stereocenters. The van der Waals surface area contributed by atoms with Crippen LogP contribution in [0.4, 0.5) is 4.39 Å². The van der Waals surface area contributed by atoms with Crippen LogP contribution >= 0.6 is 11.6 Å². The molecule has 43 heavy (non-hydrogen) atoms. The second kappa shape index (κ2) is 10.7. The lowest BCUT2D eigenvalue weighted by atomic mass is 9.84. The first-order valence-electron chi connectivity index (χ1n) is 14.0. The van der Waals surface area contributed by atoms with Crippen molar-refractivity contribution >= 4 is 23.5 Å². The highest BCUT2D eigenvalue weighted by atomic mass is 35.5. The van der Waals surface area contributed by atoms with Crippen LogP contribution in [0.25, 0.3) is 11.8 Å². The molecule has 3 aliphatic rings. The number of methoxy groups -OCH3 is 1. The van der Waals surface area contributed by atoms with Gasteiger partial charge in [-0.05, 0) is 61.7 Å². The highest BCUT2D eigenvalue weighted by molar-refractivity contribution is 6.31. The number of rotatable bonds is 6. The number of ether oxygens (including phenoxy) is 2. The minimum atomic E-state index is -1.48. The van der Waals surface area contributed by atoms with E-state index in [1.54, 1.807) is 13.4 Å². The van der Waals surface area contributed by atoms with Crippen molar-refractivity contribution < 1.29 is 28.2 Å². The van der Waals surface area contributed by atoms with Gasteiger partial charge in [0.15, 0.2) is 12.2 Å². The summed E-state index contributed by atoms with van der Waals surface area (Å²) in [6.07, 6.45) is 9.18. The van der Waals surface area contributed by atoms with E-state index in [1.165, 1.54) is 24.6 Å². The van der Waals surface area contributed by atoms with Gasteiger partial charge in [0.2, 0.25) is 5.84 Å². The summed E-state index contributed by atoms with van der Waals surface area (Å²) in [5, 5.41) is 15.3. The van der Waals surface area contributed by atoms with E-state index in [2.05, 4.69) is 15.1 Å². The van der Waals surface area contributed by atoms with Crippen LogP contribution < -0.4 is 4.74 Å². The third kappa shape index (κ3) is 4.63. The zero-order valence-corrected chi connectivity index (χ0v) is 24.3. The fourth-order valence-corrected chi connectivity index (χ4v) is 6.51. The number of hydrogen-bond donors (Lipinski definition) is 1. The maximum absolute atomic E-state index is 14.0. The molecule has 2 aromatic heterocycles. The lowest BCUT2D eigenvalue weighted by Gasteiger charge is -2.43. The quantitative estimate of drug-likeness (QED) is 0.315. The van der Waals surface area contributed by atoms with Gasteiger partial charge in [-0.3, -0.25) is 0 Å². The number of nitrogens with zero attached hydrogens (tertiary/aromatic N) is 5. The van der Waals surface area contributed by atoms with Crippen molar-refractivity contribution in [3.63, 3.8) is 0 Å². The summed E-state index contributed by atoms with van der Waals surface area (Å²) in [5.41, 5.74) is 2.30. The van der Waals surface area contributed by atoms with Crippen molar-refractivity contribution in [1.82, 2.24) is 19.4 Å². The third-order valence-electron chi connectivity index (χ3n) is 8.29. The Hall–Kier alpha value is -4.35. The van der Waals surface area contributed by atoms with Gasteiger partial charge in [-0.25, -0.2) is 14.4 Å². The predicted molar refractivity (Wildman–Crippen MR) is 155 cm³/mol. The highest BCUT2D eigenvalue weighted by Gasteiger charge is 2.54. The van der Waals surface area contributed by atoms with E-state index in [0.29, 0.717) is 29.5 Å². The molecule has 0 saturated carbocycles. The first-order chi connectivity index (χ1) is 20.9. The van der Waals surface area contributed by atoms with Gasteiger partial charge in [0, 0.05) is 24.1 Å². The third-order valence-corrected chi connectivity index (χ3v) is 8.60. The van der Waals surface area contributed by atoms with Crippen LogP contribution in [0.15, 0.2) is 70.6 Å². The van der Waals surface area contributed by atoms with Gasteiger partial charge in [0.1, 0.15) is 30.0 Å². The van der Waals surface area contributed by atoms with Gasteiger partial charge >= 0.3 is 0 Å². The SMILES string of the molecule is COc1cc(/C=C2\OC(C3CCCc4ocnc43)CN3C2=NOC3(CO)c2ccc(F)cc2Cl)ccc1-n1cnc(C)c1. The molecule has 0 bridgehead atoms. The Bertz CT molecular complexity index is 1750. The van der Waals surface area contributed by atoms with Gasteiger partial charge in [0.25, 0.3) is 5.72 Å². The zero-order chi connectivity index (χ0) is 29.7. The van der Waals surface area contributed by atoms with Gasteiger partial charge in [-0.1, -0.05) is 22.8 Å². The molecule has 4 heterocycles. The summed E-state index contributed by atoms with van der Waals surface area (Å²) in [7, 11) is 1.62. The van der Waals surface area contributed by atoms with E-state index in [4.69, 9.17) is 30.3 Å². The smallest absolute Gasteiger partial charge is 0.262 e. The Kier molecular flexibility index (Phi) is 6.86. The molecule has 2 aliphatic heterocycles. The number of aryl methyl sites for hydroxylation is 2. The van der Waals surface area contributed by atoms with E-state index in [-0.39, 0.29) is 10.9 Å². The van der Waals surface area contributed by atoms with Crippen LogP contribution in [-0.2, 0) is 21.7 Å². The van der Waals surface area contributed by atoms with Crippen LogP contribution in [0.2, 0.25) is 5.02 Å². The Morgan fingerprint density at radius 1 is 1.23 bits per heavy atom. The van der Waals surface area contributed by atoms with E-state index >= 15 is 0 Å². The number of amidine groups is 1. The van der Waals surface area contributed by atoms with Crippen LogP contribution in [0.3, 0.4) is 0 Å². The maximum Gasteiger partial charge on any atom is 0.262 e. The number of aliphatic hydroxyl groups is 1. The van der Waals surface area contributed by atoms with Gasteiger partial charge < -0.3 is 33.3 Å². The fourth-order valence-electron chi connectivity index (χ4n) is 6.19. The van der Waals surface area contributed by atoms with Crippen LogP contribution in [0, 0.1) is 12.7 Å². The molecule has 4 aromatic rings. The highest BCUT2D eigenvalue weighted by Crippen LogP contribution is 2.45. The number of aromatic nitrogens is 3. The average molecular weight is 606 g/mol. The van der Waals surface area contributed by atoms with Gasteiger partial charge in [-0.2, -0.15) is 0 Å². The number of hydrogen-bond acceptors (Lipinski definition) is 9. The molecule has 1 N–H and O–H groups in total. The van der Waals surface area contributed by atoms with Gasteiger partial charge in [0.05, 0.1) is 42.1 Å². The summed E-state index contributed by atoms with van der Waals surface area (Å²) >= 11 is 6.52. The summed E-state index contributed by atoms with van der Waals surface area (Å²) in [5.74, 6) is 1.75. The number of imidazole rings is 1. The summed E-state index contributed by atoms with van der Waals surface area (Å²) in [4.78, 5) is 16.7. The second-order valence-corrected chi connectivity index (χ2v) is 11.3. The molecule has 1 aliphatic carbocycles. The topological polar surface area (TPSA) is 107 Å². The Morgan fingerprint density at radius 3 is 2.88 bits per heavy atom. The Labute approximate surface area is 252 Å². The first-order valence-corrected chi connectivity index (χ1v) is 14.4. The molecular weight excluding hydrogens is 577 g/mol. The molecule has 0 radical (unpaired) electrons. The van der Waals surface area contributed by atoms with E-state index in [9.17, 15) is 9.50 Å². The number of halogens is 2. The van der Waals surface area contributed by atoms with Crippen LogP contribution in [0.1, 0.15) is 47.0 Å². The lowest BCUT2D eigenvalue weighted by molar-refractivity contribution is -0.148. The van der Waals surface area contributed by atoms with Crippen molar-refractivity contribution in [2.45, 2.75) is 43.9 Å². The second-order valence-electron chi connectivity index (χ2n) is 10.9.